The van der Waals surface area contributed by atoms with E-state index in [1.807, 2.05) is 13.8 Å². The Bertz CT molecular complexity index is 266. The lowest BCUT2D eigenvalue weighted by Gasteiger charge is -2.25. The second-order valence-corrected chi connectivity index (χ2v) is 4.99. The Hall–Kier alpha value is -1.10. The van der Waals surface area contributed by atoms with Crippen LogP contribution < -0.4 is 5.32 Å². The number of carbonyl (C=O) groups is 2. The highest BCUT2D eigenvalue weighted by atomic mass is 16.4. The molecule has 0 aromatic heterocycles. The van der Waals surface area contributed by atoms with Crippen LogP contribution in [0.5, 0.6) is 0 Å². The summed E-state index contributed by atoms with van der Waals surface area (Å²) < 4.78 is 0. The normalized spacial score (nSPS) is 14.8. The minimum Gasteiger partial charge on any atom is -0.481 e. The second kappa shape index (κ2) is 7.27. The number of carboxylic acids is 1. The molecule has 0 aromatic carbocycles. The van der Waals surface area contributed by atoms with Crippen molar-refractivity contribution in [3.8, 4) is 0 Å². The van der Waals surface area contributed by atoms with Gasteiger partial charge >= 0.3 is 5.97 Å². The highest BCUT2D eigenvalue weighted by molar-refractivity contribution is 5.81. The van der Waals surface area contributed by atoms with Crippen molar-refractivity contribution in [2.24, 2.45) is 11.8 Å². The maximum Gasteiger partial charge on any atom is 0.307 e. The molecule has 0 fully saturated rings. The van der Waals surface area contributed by atoms with E-state index < -0.39 is 11.9 Å². The third kappa shape index (κ3) is 6.26. The number of carboxylic acid groups (broad SMARTS) is 1. The summed E-state index contributed by atoms with van der Waals surface area (Å²) in [5, 5.41) is 11.6. The van der Waals surface area contributed by atoms with Gasteiger partial charge in [0.15, 0.2) is 0 Å². The van der Waals surface area contributed by atoms with Gasteiger partial charge in [0, 0.05) is 13.1 Å². The number of carbonyl (C=O) groups excluding carboxylic acids is 1. The van der Waals surface area contributed by atoms with E-state index in [1.54, 1.807) is 25.8 Å². The number of likely N-dealkylation sites (N-methyl/N-ethyl adjacent to an activating group) is 1. The van der Waals surface area contributed by atoms with E-state index in [0.29, 0.717) is 19.0 Å². The van der Waals surface area contributed by atoms with Crippen molar-refractivity contribution in [2.45, 2.75) is 33.7 Å². The molecule has 100 valence electrons. The van der Waals surface area contributed by atoms with Gasteiger partial charge in [0.1, 0.15) is 0 Å². The second-order valence-electron chi connectivity index (χ2n) is 4.99. The zero-order valence-electron chi connectivity index (χ0n) is 11.4. The summed E-state index contributed by atoms with van der Waals surface area (Å²) in [6, 6.07) is -0.310. The lowest BCUT2D eigenvalue weighted by molar-refractivity contribution is -0.142. The van der Waals surface area contributed by atoms with Crippen LogP contribution in [-0.4, -0.2) is 48.1 Å². The van der Waals surface area contributed by atoms with Crippen molar-refractivity contribution in [2.75, 3.05) is 20.1 Å². The maximum absolute atomic E-state index is 11.7. The smallest absolute Gasteiger partial charge is 0.307 e. The van der Waals surface area contributed by atoms with Gasteiger partial charge < -0.3 is 10.4 Å². The third-order valence-electron chi connectivity index (χ3n) is 2.71. The Labute approximate surface area is 103 Å². The van der Waals surface area contributed by atoms with Crippen LogP contribution in [0.25, 0.3) is 0 Å². The standard InChI is InChI=1S/C12H24N2O3/c1-8(2)6-13-11(15)10(4)14(5)7-9(3)12(16)17/h8-10H,6-7H2,1-5H3,(H,13,15)(H,16,17). The monoisotopic (exact) mass is 244 g/mol. The summed E-state index contributed by atoms with van der Waals surface area (Å²) in [6.07, 6.45) is 0. The Balaban J connectivity index is 4.15. The Kier molecular flexibility index (Phi) is 6.80. The van der Waals surface area contributed by atoms with Gasteiger partial charge in [-0.3, -0.25) is 14.5 Å². The minimum atomic E-state index is -0.841. The topological polar surface area (TPSA) is 69.6 Å². The molecule has 0 saturated heterocycles. The van der Waals surface area contributed by atoms with E-state index in [1.165, 1.54) is 0 Å². The molecule has 2 unspecified atom stereocenters. The summed E-state index contributed by atoms with van der Waals surface area (Å²) in [7, 11) is 1.76. The minimum absolute atomic E-state index is 0.0567. The molecule has 0 heterocycles. The number of aliphatic carboxylic acids is 1. The number of rotatable bonds is 7. The maximum atomic E-state index is 11.7. The first-order chi connectivity index (χ1) is 7.75. The van der Waals surface area contributed by atoms with Crippen LogP contribution in [-0.2, 0) is 9.59 Å². The molecule has 0 aliphatic carbocycles. The van der Waals surface area contributed by atoms with Gasteiger partial charge in [-0.25, -0.2) is 0 Å². The predicted molar refractivity (Wildman–Crippen MR) is 66.7 cm³/mol. The molecule has 5 heteroatoms. The summed E-state index contributed by atoms with van der Waals surface area (Å²) >= 11 is 0. The molecule has 0 aliphatic heterocycles. The highest BCUT2D eigenvalue weighted by Gasteiger charge is 2.21. The van der Waals surface area contributed by atoms with E-state index >= 15 is 0 Å². The molecule has 0 rings (SSSR count). The largest absolute Gasteiger partial charge is 0.481 e. The molecule has 0 aromatic rings. The molecule has 0 radical (unpaired) electrons. The van der Waals surface area contributed by atoms with Gasteiger partial charge in [0.25, 0.3) is 0 Å². The molecular formula is C12H24N2O3. The number of nitrogens with one attached hydrogen (secondary N) is 1. The van der Waals surface area contributed by atoms with Gasteiger partial charge in [0.05, 0.1) is 12.0 Å². The number of nitrogens with zero attached hydrogens (tertiary/aromatic N) is 1. The first kappa shape index (κ1) is 15.9. The molecule has 2 atom stereocenters. The van der Waals surface area contributed by atoms with E-state index in [-0.39, 0.29) is 11.9 Å². The van der Waals surface area contributed by atoms with Crippen LogP contribution in [0.2, 0.25) is 0 Å². The molecule has 0 bridgehead atoms. The molecular weight excluding hydrogens is 220 g/mol. The van der Waals surface area contributed by atoms with E-state index in [2.05, 4.69) is 5.32 Å². The summed E-state index contributed by atoms with van der Waals surface area (Å²) in [5.41, 5.74) is 0. The lowest BCUT2D eigenvalue weighted by atomic mass is 10.1. The molecule has 0 saturated carbocycles. The summed E-state index contributed by atoms with van der Waals surface area (Å²) in [5.74, 6) is -0.958. The Morgan fingerprint density at radius 2 is 1.76 bits per heavy atom. The van der Waals surface area contributed by atoms with Crippen molar-refractivity contribution >= 4 is 11.9 Å². The fraction of sp³-hybridized carbons (Fsp3) is 0.833. The van der Waals surface area contributed by atoms with E-state index in [4.69, 9.17) is 5.11 Å². The van der Waals surface area contributed by atoms with Gasteiger partial charge in [-0.2, -0.15) is 0 Å². The van der Waals surface area contributed by atoms with Gasteiger partial charge in [-0.15, -0.1) is 0 Å². The SMILES string of the molecule is CC(C)CNC(=O)C(C)N(C)CC(C)C(=O)O. The fourth-order valence-corrected chi connectivity index (χ4v) is 1.32. The fourth-order valence-electron chi connectivity index (χ4n) is 1.32. The summed E-state index contributed by atoms with van der Waals surface area (Å²) in [4.78, 5) is 24.2. The van der Waals surface area contributed by atoms with E-state index in [9.17, 15) is 9.59 Å². The zero-order valence-corrected chi connectivity index (χ0v) is 11.4. The molecule has 5 nitrogen and oxygen atoms in total. The molecule has 17 heavy (non-hydrogen) atoms. The first-order valence-corrected chi connectivity index (χ1v) is 5.96. The number of hydrogen-bond donors (Lipinski definition) is 2. The average Bonchev–Trinajstić information content (AvgIpc) is 2.24. The lowest BCUT2D eigenvalue weighted by Crippen LogP contribution is -2.46. The van der Waals surface area contributed by atoms with Crippen molar-refractivity contribution in [3.05, 3.63) is 0 Å². The quantitative estimate of drug-likeness (QED) is 0.695. The molecule has 0 aliphatic rings. The van der Waals surface area contributed by atoms with Crippen molar-refractivity contribution < 1.29 is 14.7 Å². The van der Waals surface area contributed by atoms with Crippen LogP contribution in [0.15, 0.2) is 0 Å². The molecule has 2 N–H and O–H groups in total. The first-order valence-electron chi connectivity index (χ1n) is 5.96. The summed E-state index contributed by atoms with van der Waals surface area (Å²) in [6.45, 7) is 8.49. The van der Waals surface area contributed by atoms with Crippen molar-refractivity contribution in [3.63, 3.8) is 0 Å². The predicted octanol–water partition coefficient (Wildman–Crippen LogP) is 0.800. The third-order valence-corrected chi connectivity index (χ3v) is 2.71. The Morgan fingerprint density at radius 1 is 1.24 bits per heavy atom. The number of hydrogen-bond acceptors (Lipinski definition) is 3. The van der Waals surface area contributed by atoms with E-state index in [0.717, 1.165) is 0 Å². The Morgan fingerprint density at radius 3 is 2.18 bits per heavy atom. The van der Waals surface area contributed by atoms with Crippen molar-refractivity contribution in [1.29, 1.82) is 0 Å². The molecule has 1 amide bonds. The van der Waals surface area contributed by atoms with Crippen LogP contribution in [0.3, 0.4) is 0 Å². The zero-order chi connectivity index (χ0) is 13.6. The highest BCUT2D eigenvalue weighted by Crippen LogP contribution is 2.03. The average molecular weight is 244 g/mol. The van der Waals surface area contributed by atoms with Gasteiger partial charge in [-0.1, -0.05) is 20.8 Å². The molecule has 0 spiro atoms. The van der Waals surface area contributed by atoms with Crippen LogP contribution >= 0.6 is 0 Å². The van der Waals surface area contributed by atoms with Crippen LogP contribution in [0, 0.1) is 11.8 Å². The van der Waals surface area contributed by atoms with Gasteiger partial charge in [0.2, 0.25) is 5.91 Å². The van der Waals surface area contributed by atoms with Crippen molar-refractivity contribution in [1.82, 2.24) is 10.2 Å². The number of amides is 1. The van der Waals surface area contributed by atoms with Gasteiger partial charge in [-0.05, 0) is 19.9 Å². The van der Waals surface area contributed by atoms with Crippen LogP contribution in [0.1, 0.15) is 27.7 Å². The van der Waals surface area contributed by atoms with Crippen LogP contribution in [0.4, 0.5) is 0 Å².